The molecule has 7 nitrogen and oxygen atoms in total. The minimum atomic E-state index is -0.640. The van der Waals surface area contributed by atoms with Gasteiger partial charge in [0.1, 0.15) is 12.4 Å². The van der Waals surface area contributed by atoms with E-state index in [1.165, 1.54) is 4.90 Å². The Morgan fingerprint density at radius 3 is 2.74 bits per heavy atom. The van der Waals surface area contributed by atoms with E-state index in [0.717, 1.165) is 11.1 Å². The molecule has 0 unspecified atom stereocenters. The quantitative estimate of drug-likeness (QED) is 0.756. The predicted molar refractivity (Wildman–Crippen MR) is 106 cm³/mol. The number of likely N-dealkylation sites (N-methyl/N-ethyl adjacent to an activating group) is 1. The largest absolute Gasteiger partial charge is 0.447 e. The molecule has 0 fully saturated rings. The SMILES string of the molecule is C=Cc1ccc(NC(=O)OCCN(C)C(=O)NCc2ccccc2Cl)nc1. The molecule has 2 N–H and O–H groups in total. The number of halogens is 1. The number of pyridine rings is 1. The topological polar surface area (TPSA) is 83.6 Å². The van der Waals surface area contributed by atoms with Crippen LogP contribution in [0.4, 0.5) is 15.4 Å². The summed E-state index contributed by atoms with van der Waals surface area (Å²) < 4.78 is 5.05. The molecule has 0 radical (unpaired) electrons. The van der Waals surface area contributed by atoms with E-state index < -0.39 is 6.09 Å². The molecule has 3 amide bonds. The monoisotopic (exact) mass is 388 g/mol. The van der Waals surface area contributed by atoms with Crippen LogP contribution in [0.15, 0.2) is 49.2 Å². The van der Waals surface area contributed by atoms with Crippen molar-refractivity contribution in [1.82, 2.24) is 15.2 Å². The number of carbonyl (C=O) groups excluding carboxylic acids is 2. The van der Waals surface area contributed by atoms with Gasteiger partial charge in [0.05, 0.1) is 6.54 Å². The first-order valence-electron chi connectivity index (χ1n) is 8.24. The molecule has 27 heavy (non-hydrogen) atoms. The maximum Gasteiger partial charge on any atom is 0.412 e. The molecular formula is C19H21ClN4O3. The van der Waals surface area contributed by atoms with Crippen LogP contribution in [0.1, 0.15) is 11.1 Å². The summed E-state index contributed by atoms with van der Waals surface area (Å²) in [5.74, 6) is 0.372. The molecule has 1 heterocycles. The van der Waals surface area contributed by atoms with Gasteiger partial charge in [-0.2, -0.15) is 0 Å². The standard InChI is InChI=1S/C19H21ClN4O3/c1-3-14-8-9-17(21-12-14)23-19(26)27-11-10-24(2)18(25)22-13-15-6-4-5-7-16(15)20/h3-9,12H,1,10-11,13H2,2H3,(H,22,25)(H,21,23,26). The number of anilines is 1. The molecule has 142 valence electrons. The summed E-state index contributed by atoms with van der Waals surface area (Å²) in [4.78, 5) is 29.3. The van der Waals surface area contributed by atoms with E-state index in [1.54, 1.807) is 37.5 Å². The van der Waals surface area contributed by atoms with E-state index in [-0.39, 0.29) is 19.2 Å². The van der Waals surface area contributed by atoms with Gasteiger partial charge in [-0.05, 0) is 29.3 Å². The van der Waals surface area contributed by atoms with Gasteiger partial charge in [0.15, 0.2) is 0 Å². The normalized spacial score (nSPS) is 10.0. The van der Waals surface area contributed by atoms with Crippen molar-refractivity contribution in [3.8, 4) is 0 Å². The Balaban J connectivity index is 1.68. The third-order valence-electron chi connectivity index (χ3n) is 3.65. The van der Waals surface area contributed by atoms with Crippen LogP contribution >= 0.6 is 11.6 Å². The Labute approximate surface area is 163 Å². The lowest BCUT2D eigenvalue weighted by Gasteiger charge is -2.18. The van der Waals surface area contributed by atoms with Crippen molar-refractivity contribution in [2.24, 2.45) is 0 Å². The van der Waals surface area contributed by atoms with E-state index in [0.29, 0.717) is 17.4 Å². The van der Waals surface area contributed by atoms with Crippen molar-refractivity contribution < 1.29 is 14.3 Å². The molecule has 1 aromatic carbocycles. The Morgan fingerprint density at radius 2 is 2.07 bits per heavy atom. The van der Waals surface area contributed by atoms with Gasteiger partial charge in [-0.1, -0.05) is 42.5 Å². The summed E-state index contributed by atoms with van der Waals surface area (Å²) in [7, 11) is 1.61. The molecule has 0 saturated carbocycles. The first-order valence-corrected chi connectivity index (χ1v) is 8.62. The summed E-state index contributed by atoms with van der Waals surface area (Å²) in [5.41, 5.74) is 1.67. The van der Waals surface area contributed by atoms with Crippen molar-refractivity contribution in [1.29, 1.82) is 0 Å². The van der Waals surface area contributed by atoms with Crippen LogP contribution in [0, 0.1) is 0 Å². The van der Waals surface area contributed by atoms with Gasteiger partial charge < -0.3 is 15.0 Å². The average Bonchev–Trinajstić information content (AvgIpc) is 2.67. The first kappa shape index (κ1) is 20.3. The van der Waals surface area contributed by atoms with Gasteiger partial charge >= 0.3 is 12.1 Å². The van der Waals surface area contributed by atoms with Gasteiger partial charge in [-0.25, -0.2) is 14.6 Å². The number of aromatic nitrogens is 1. The summed E-state index contributed by atoms with van der Waals surface area (Å²) in [5, 5.41) is 5.86. The second-order valence-corrected chi connectivity index (χ2v) is 6.02. The summed E-state index contributed by atoms with van der Waals surface area (Å²) >= 11 is 6.05. The fraction of sp³-hybridized carbons (Fsp3) is 0.211. The molecular weight excluding hydrogens is 368 g/mol. The van der Waals surface area contributed by atoms with Gasteiger partial charge in [0.2, 0.25) is 0 Å². The van der Waals surface area contributed by atoms with Crippen molar-refractivity contribution in [2.45, 2.75) is 6.54 Å². The zero-order valence-corrected chi connectivity index (χ0v) is 15.7. The van der Waals surface area contributed by atoms with Crippen LogP contribution < -0.4 is 10.6 Å². The minimum Gasteiger partial charge on any atom is -0.447 e. The van der Waals surface area contributed by atoms with Crippen LogP contribution in [0.25, 0.3) is 6.08 Å². The molecule has 0 saturated heterocycles. The van der Waals surface area contributed by atoms with E-state index in [9.17, 15) is 9.59 Å². The highest BCUT2D eigenvalue weighted by Gasteiger charge is 2.10. The lowest BCUT2D eigenvalue weighted by molar-refractivity contribution is 0.146. The Kier molecular flexibility index (Phi) is 7.63. The van der Waals surface area contributed by atoms with Gasteiger partial charge in [0.25, 0.3) is 0 Å². The average molecular weight is 389 g/mol. The lowest BCUT2D eigenvalue weighted by atomic mass is 10.2. The molecule has 0 bridgehead atoms. The molecule has 0 atom stereocenters. The van der Waals surface area contributed by atoms with Crippen LogP contribution in [0.3, 0.4) is 0 Å². The zero-order chi connectivity index (χ0) is 19.6. The second-order valence-electron chi connectivity index (χ2n) is 5.61. The smallest absolute Gasteiger partial charge is 0.412 e. The number of nitrogens with zero attached hydrogens (tertiary/aromatic N) is 2. The van der Waals surface area contributed by atoms with Crippen LogP contribution in [-0.4, -0.2) is 42.2 Å². The number of hydrogen-bond donors (Lipinski definition) is 2. The van der Waals surface area contributed by atoms with Crippen molar-refractivity contribution >= 4 is 35.6 Å². The highest BCUT2D eigenvalue weighted by atomic mass is 35.5. The third kappa shape index (κ3) is 6.63. The fourth-order valence-electron chi connectivity index (χ4n) is 2.07. The number of ether oxygens (including phenoxy) is 1. The molecule has 1 aromatic heterocycles. The second kappa shape index (κ2) is 10.2. The van der Waals surface area contributed by atoms with Crippen LogP contribution in [-0.2, 0) is 11.3 Å². The highest BCUT2D eigenvalue weighted by molar-refractivity contribution is 6.31. The van der Waals surface area contributed by atoms with E-state index >= 15 is 0 Å². The molecule has 8 heteroatoms. The van der Waals surface area contributed by atoms with E-state index in [1.807, 2.05) is 18.2 Å². The zero-order valence-electron chi connectivity index (χ0n) is 14.9. The molecule has 2 rings (SSSR count). The number of benzene rings is 1. The Morgan fingerprint density at radius 1 is 1.30 bits per heavy atom. The number of urea groups is 1. The number of hydrogen-bond acceptors (Lipinski definition) is 4. The molecule has 2 aromatic rings. The lowest BCUT2D eigenvalue weighted by Crippen LogP contribution is -2.39. The molecule has 0 aliphatic carbocycles. The van der Waals surface area contributed by atoms with Crippen molar-refractivity contribution in [3.63, 3.8) is 0 Å². The van der Waals surface area contributed by atoms with Crippen molar-refractivity contribution in [2.75, 3.05) is 25.5 Å². The number of nitrogens with one attached hydrogen (secondary N) is 2. The summed E-state index contributed by atoms with van der Waals surface area (Å²) in [6.07, 6.45) is 2.60. The predicted octanol–water partition coefficient (Wildman–Crippen LogP) is 3.77. The highest BCUT2D eigenvalue weighted by Crippen LogP contribution is 2.14. The third-order valence-corrected chi connectivity index (χ3v) is 4.02. The van der Waals surface area contributed by atoms with Crippen molar-refractivity contribution in [3.05, 3.63) is 65.3 Å². The Bertz CT molecular complexity index is 796. The minimum absolute atomic E-state index is 0.0482. The summed E-state index contributed by atoms with van der Waals surface area (Å²) in [6.45, 7) is 4.24. The Hall–Kier alpha value is -3.06. The fourth-order valence-corrected chi connectivity index (χ4v) is 2.27. The molecule has 0 aliphatic heterocycles. The van der Waals surface area contributed by atoms with Gasteiger partial charge in [0, 0.05) is 24.8 Å². The van der Waals surface area contributed by atoms with Crippen LogP contribution in [0.5, 0.6) is 0 Å². The van der Waals surface area contributed by atoms with E-state index in [4.69, 9.17) is 16.3 Å². The number of rotatable bonds is 7. The summed E-state index contributed by atoms with van der Waals surface area (Å²) in [6, 6.07) is 10.4. The maximum absolute atomic E-state index is 12.1. The number of carbonyl (C=O) groups is 2. The van der Waals surface area contributed by atoms with Crippen LogP contribution in [0.2, 0.25) is 5.02 Å². The molecule has 0 spiro atoms. The van der Waals surface area contributed by atoms with Gasteiger partial charge in [-0.3, -0.25) is 5.32 Å². The van der Waals surface area contributed by atoms with E-state index in [2.05, 4.69) is 22.2 Å². The maximum atomic E-state index is 12.1. The first-order chi connectivity index (χ1) is 13.0. The molecule has 0 aliphatic rings. The van der Waals surface area contributed by atoms with Gasteiger partial charge in [-0.15, -0.1) is 0 Å². The number of amides is 3.